The molecule has 0 bridgehead atoms. The molecule has 0 aliphatic heterocycles. The molecule has 0 saturated carbocycles. The third-order valence-electron chi connectivity index (χ3n) is 2.04. The van der Waals surface area contributed by atoms with Gasteiger partial charge in [0.15, 0.2) is 0 Å². The van der Waals surface area contributed by atoms with Crippen LogP contribution in [0.3, 0.4) is 0 Å². The standard InChI is InChI=1S/C10H12N2.C2H6/c1-7-4-3-5-9(8(7)2)10(12)6-11;1-2/h3-6,11-12H,1-2H3;1-2H3. The van der Waals surface area contributed by atoms with Crippen LogP contribution >= 0.6 is 0 Å². The van der Waals surface area contributed by atoms with Crippen molar-refractivity contribution in [3.05, 3.63) is 34.9 Å². The Labute approximate surface area is 86.0 Å². The first-order valence-electron chi connectivity index (χ1n) is 4.82. The molecule has 0 spiro atoms. The number of aryl methyl sites for hydroxylation is 1. The van der Waals surface area contributed by atoms with Crippen LogP contribution in [0.15, 0.2) is 18.2 Å². The summed E-state index contributed by atoms with van der Waals surface area (Å²) in [5.74, 6) is 0. The lowest BCUT2D eigenvalue weighted by molar-refractivity contribution is 1.32. The summed E-state index contributed by atoms with van der Waals surface area (Å²) >= 11 is 0. The lowest BCUT2D eigenvalue weighted by Crippen LogP contribution is -2.02. The first kappa shape index (κ1) is 12.6. The van der Waals surface area contributed by atoms with E-state index in [1.165, 1.54) is 5.56 Å². The van der Waals surface area contributed by atoms with Crippen LogP contribution in [0, 0.1) is 24.7 Å². The van der Waals surface area contributed by atoms with E-state index < -0.39 is 0 Å². The summed E-state index contributed by atoms with van der Waals surface area (Å²) in [6.45, 7) is 7.98. The molecular weight excluding hydrogens is 172 g/mol. The molecular formula is C12H18N2. The van der Waals surface area contributed by atoms with Crippen molar-refractivity contribution in [2.24, 2.45) is 0 Å². The Hall–Kier alpha value is -1.44. The minimum atomic E-state index is 0.274. The molecule has 76 valence electrons. The van der Waals surface area contributed by atoms with Gasteiger partial charge in [-0.25, -0.2) is 0 Å². The van der Waals surface area contributed by atoms with E-state index in [1.807, 2.05) is 45.9 Å². The average molecular weight is 190 g/mol. The number of rotatable bonds is 2. The van der Waals surface area contributed by atoms with Crippen molar-refractivity contribution in [3.63, 3.8) is 0 Å². The molecule has 0 aliphatic rings. The fourth-order valence-electron chi connectivity index (χ4n) is 1.12. The van der Waals surface area contributed by atoms with Gasteiger partial charge >= 0.3 is 0 Å². The quantitative estimate of drug-likeness (QED) is 0.672. The number of nitrogens with one attached hydrogen (secondary N) is 2. The predicted octanol–water partition coefficient (Wildman–Crippen LogP) is 3.35. The summed E-state index contributed by atoms with van der Waals surface area (Å²) in [5, 5.41) is 14.4. The molecule has 0 heterocycles. The minimum Gasteiger partial charge on any atom is -0.307 e. The van der Waals surface area contributed by atoms with Crippen LogP contribution in [-0.4, -0.2) is 11.9 Å². The normalized spacial score (nSPS) is 8.57. The van der Waals surface area contributed by atoms with Gasteiger partial charge in [0, 0.05) is 11.8 Å². The van der Waals surface area contributed by atoms with Gasteiger partial charge in [0.2, 0.25) is 0 Å². The van der Waals surface area contributed by atoms with E-state index >= 15 is 0 Å². The van der Waals surface area contributed by atoms with Crippen LogP contribution in [0.2, 0.25) is 0 Å². The molecule has 0 fully saturated rings. The largest absolute Gasteiger partial charge is 0.307 e. The van der Waals surface area contributed by atoms with Gasteiger partial charge < -0.3 is 5.41 Å². The van der Waals surface area contributed by atoms with Crippen LogP contribution in [0.1, 0.15) is 30.5 Å². The molecule has 0 saturated heterocycles. The number of benzene rings is 1. The summed E-state index contributed by atoms with van der Waals surface area (Å²) in [6.07, 6.45) is 1.07. The van der Waals surface area contributed by atoms with Crippen LogP contribution in [-0.2, 0) is 0 Å². The molecule has 2 N–H and O–H groups in total. The van der Waals surface area contributed by atoms with Gasteiger partial charge in [-0.3, -0.25) is 5.41 Å². The summed E-state index contributed by atoms with van der Waals surface area (Å²) in [4.78, 5) is 0. The molecule has 0 aliphatic carbocycles. The zero-order chi connectivity index (χ0) is 11.1. The summed E-state index contributed by atoms with van der Waals surface area (Å²) in [5.41, 5.74) is 3.38. The lowest BCUT2D eigenvalue weighted by atomic mass is 10.0. The topological polar surface area (TPSA) is 47.7 Å². The van der Waals surface area contributed by atoms with Gasteiger partial charge in [-0.1, -0.05) is 32.0 Å². The lowest BCUT2D eigenvalue weighted by Gasteiger charge is -2.05. The Morgan fingerprint density at radius 2 is 1.79 bits per heavy atom. The second-order valence-electron chi connectivity index (χ2n) is 2.81. The van der Waals surface area contributed by atoms with Crippen molar-refractivity contribution < 1.29 is 0 Å². The maximum absolute atomic E-state index is 7.47. The molecule has 0 atom stereocenters. The second kappa shape index (κ2) is 6.08. The van der Waals surface area contributed by atoms with Gasteiger partial charge in [0.1, 0.15) is 0 Å². The van der Waals surface area contributed by atoms with Crippen LogP contribution in [0.4, 0.5) is 0 Å². The van der Waals surface area contributed by atoms with E-state index in [-0.39, 0.29) is 5.71 Å². The molecule has 0 aromatic heterocycles. The molecule has 1 aromatic carbocycles. The third-order valence-corrected chi connectivity index (χ3v) is 2.04. The number of hydrogen-bond donors (Lipinski definition) is 2. The smallest absolute Gasteiger partial charge is 0.0790 e. The zero-order valence-corrected chi connectivity index (χ0v) is 9.31. The van der Waals surface area contributed by atoms with E-state index in [2.05, 4.69) is 0 Å². The maximum Gasteiger partial charge on any atom is 0.0790 e. The Morgan fingerprint density at radius 1 is 1.21 bits per heavy atom. The van der Waals surface area contributed by atoms with Crippen LogP contribution < -0.4 is 0 Å². The minimum absolute atomic E-state index is 0.274. The highest BCUT2D eigenvalue weighted by Crippen LogP contribution is 2.12. The Bertz CT molecular complexity index is 327. The van der Waals surface area contributed by atoms with Crippen LogP contribution in [0.25, 0.3) is 0 Å². The Morgan fingerprint density at radius 3 is 2.29 bits per heavy atom. The van der Waals surface area contributed by atoms with E-state index in [0.29, 0.717) is 0 Å². The fourth-order valence-corrected chi connectivity index (χ4v) is 1.12. The number of hydrogen-bond acceptors (Lipinski definition) is 2. The molecule has 2 heteroatoms. The summed E-state index contributed by atoms with van der Waals surface area (Å²) < 4.78 is 0. The van der Waals surface area contributed by atoms with Crippen LogP contribution in [0.5, 0.6) is 0 Å². The highest BCUT2D eigenvalue weighted by Gasteiger charge is 2.02. The van der Waals surface area contributed by atoms with E-state index in [0.717, 1.165) is 17.3 Å². The van der Waals surface area contributed by atoms with Gasteiger partial charge in [0.25, 0.3) is 0 Å². The summed E-state index contributed by atoms with van der Waals surface area (Å²) in [7, 11) is 0. The Balaban J connectivity index is 0.000000791. The maximum atomic E-state index is 7.47. The molecule has 1 rings (SSSR count). The van der Waals surface area contributed by atoms with Gasteiger partial charge in [-0.2, -0.15) is 0 Å². The van der Waals surface area contributed by atoms with Crippen molar-refractivity contribution in [3.8, 4) is 0 Å². The molecule has 0 amide bonds. The molecule has 1 aromatic rings. The van der Waals surface area contributed by atoms with Crippen molar-refractivity contribution >= 4 is 11.9 Å². The first-order valence-corrected chi connectivity index (χ1v) is 4.82. The highest BCUT2D eigenvalue weighted by atomic mass is 14.5. The molecule has 2 nitrogen and oxygen atoms in total. The molecule has 0 radical (unpaired) electrons. The summed E-state index contributed by atoms with van der Waals surface area (Å²) in [6, 6.07) is 5.79. The molecule has 0 unspecified atom stereocenters. The van der Waals surface area contributed by atoms with Crippen molar-refractivity contribution in [1.29, 1.82) is 10.8 Å². The predicted molar refractivity (Wildman–Crippen MR) is 62.9 cm³/mol. The first-order chi connectivity index (χ1) is 6.66. The highest BCUT2D eigenvalue weighted by molar-refractivity contribution is 6.36. The zero-order valence-electron chi connectivity index (χ0n) is 9.31. The Kier molecular flexibility index (Phi) is 5.46. The fraction of sp³-hybridized carbons (Fsp3) is 0.333. The van der Waals surface area contributed by atoms with Gasteiger partial charge in [-0.15, -0.1) is 0 Å². The van der Waals surface area contributed by atoms with Gasteiger partial charge in [0.05, 0.1) is 5.71 Å². The molecule has 14 heavy (non-hydrogen) atoms. The SMILES string of the molecule is CC.Cc1cccc(C(=N)C=N)c1C. The van der Waals surface area contributed by atoms with Gasteiger partial charge in [-0.05, 0) is 25.0 Å². The monoisotopic (exact) mass is 190 g/mol. The third kappa shape index (κ3) is 2.80. The van der Waals surface area contributed by atoms with E-state index in [9.17, 15) is 0 Å². The van der Waals surface area contributed by atoms with Crippen molar-refractivity contribution in [2.75, 3.05) is 0 Å². The van der Waals surface area contributed by atoms with E-state index in [4.69, 9.17) is 10.8 Å². The van der Waals surface area contributed by atoms with Crippen molar-refractivity contribution in [2.45, 2.75) is 27.7 Å². The van der Waals surface area contributed by atoms with E-state index in [1.54, 1.807) is 0 Å². The second-order valence-corrected chi connectivity index (χ2v) is 2.81. The van der Waals surface area contributed by atoms with Crippen molar-refractivity contribution in [1.82, 2.24) is 0 Å². The average Bonchev–Trinajstić information content (AvgIpc) is 2.24.